The van der Waals surface area contributed by atoms with Crippen molar-refractivity contribution < 1.29 is 23.9 Å². The third-order valence-electron chi connectivity index (χ3n) is 8.89. The number of rotatable bonds is 12. The molecule has 0 amide bonds. The van der Waals surface area contributed by atoms with Crippen molar-refractivity contribution >= 4 is 17.5 Å². The minimum Gasteiger partial charge on any atom is -0.462 e. The molecule has 0 N–H and O–H groups in total. The zero-order chi connectivity index (χ0) is 35.4. The van der Waals surface area contributed by atoms with Gasteiger partial charge in [0, 0.05) is 37.2 Å². The molecule has 2 aliphatic rings. The molecule has 254 valence electrons. The van der Waals surface area contributed by atoms with E-state index in [9.17, 15) is 14.4 Å². The van der Waals surface area contributed by atoms with Crippen molar-refractivity contribution in [3.63, 3.8) is 0 Å². The van der Waals surface area contributed by atoms with Gasteiger partial charge in [0.1, 0.15) is 11.9 Å². The van der Waals surface area contributed by atoms with Crippen LogP contribution in [0.2, 0.25) is 0 Å². The number of ketones is 2. The summed E-state index contributed by atoms with van der Waals surface area (Å²) in [6.07, 6.45) is 22.8. The van der Waals surface area contributed by atoms with E-state index in [0.717, 1.165) is 41.6 Å². The maximum Gasteiger partial charge on any atom is 0.302 e. The summed E-state index contributed by atoms with van der Waals surface area (Å²) in [6.45, 7) is 21.4. The van der Waals surface area contributed by atoms with Crippen molar-refractivity contribution in [1.29, 1.82) is 0 Å². The molecule has 2 rings (SSSR count). The van der Waals surface area contributed by atoms with Crippen LogP contribution in [0.1, 0.15) is 108 Å². The van der Waals surface area contributed by atoms with Gasteiger partial charge in [-0.05, 0) is 78.4 Å². The Labute approximate surface area is 284 Å². The van der Waals surface area contributed by atoms with E-state index in [2.05, 4.69) is 52.5 Å². The van der Waals surface area contributed by atoms with Crippen LogP contribution in [0.25, 0.3) is 0 Å². The highest BCUT2D eigenvalue weighted by Crippen LogP contribution is 2.41. The van der Waals surface area contributed by atoms with E-state index >= 15 is 0 Å². The first-order chi connectivity index (χ1) is 21.9. The van der Waals surface area contributed by atoms with Gasteiger partial charge in [0.05, 0.1) is 11.7 Å². The highest BCUT2D eigenvalue weighted by molar-refractivity contribution is 5.95. The zero-order valence-corrected chi connectivity index (χ0v) is 30.6. The largest absolute Gasteiger partial charge is 0.462 e. The number of Topliss-reactive ketones (excluding diaryl/α,β-unsaturated/α-hetero) is 2. The Kier molecular flexibility index (Phi) is 15.1. The molecule has 0 spiro atoms. The Bertz CT molecular complexity index is 1490. The van der Waals surface area contributed by atoms with Gasteiger partial charge in [-0.2, -0.15) is 0 Å². The molecule has 1 fully saturated rings. The average Bonchev–Trinajstić information content (AvgIpc) is 3.20. The zero-order valence-electron chi connectivity index (χ0n) is 30.6. The van der Waals surface area contributed by atoms with E-state index in [1.165, 1.54) is 12.5 Å². The van der Waals surface area contributed by atoms with Crippen molar-refractivity contribution in [2.24, 2.45) is 11.3 Å². The minimum absolute atomic E-state index is 0.0658. The van der Waals surface area contributed by atoms with Gasteiger partial charge in [0.15, 0.2) is 5.78 Å². The normalized spacial score (nSPS) is 25.9. The molecular weight excluding hydrogens is 584 g/mol. The number of carbonyl (C=O) groups is 3. The predicted octanol–water partition coefficient (Wildman–Crippen LogP) is 9.63. The van der Waals surface area contributed by atoms with E-state index in [1.807, 2.05) is 82.4 Å². The molecule has 4 atom stereocenters. The summed E-state index contributed by atoms with van der Waals surface area (Å²) < 4.78 is 11.6. The third-order valence-corrected chi connectivity index (χ3v) is 8.89. The standard InChI is InChI=1S/C42H56O5/c1-29(18-14-19-31(3)22-23-39-33(5)24-38(46-36(8)44)27-41(39,9)10)16-12-13-17-30(2)20-15-21-32(4)40(45)28-42(11)34(6)25-37(47-42)26-35(7)43/h12-21,34,37-38H,24-28H2,1-11H3/b13-12+,18-14+,20-15+,29-16+,30-17+,31-19+,32-21+/t34-,37-,38-,42+/m1/s1. The second kappa shape index (κ2) is 18.0. The molecule has 0 aromatic rings. The minimum atomic E-state index is -0.538. The molecule has 0 radical (unpaired) electrons. The Morgan fingerprint density at radius 1 is 0.894 bits per heavy atom. The Morgan fingerprint density at radius 3 is 2.04 bits per heavy atom. The summed E-state index contributed by atoms with van der Waals surface area (Å²) >= 11 is 0. The molecule has 1 heterocycles. The monoisotopic (exact) mass is 640 g/mol. The average molecular weight is 641 g/mol. The fourth-order valence-electron chi connectivity index (χ4n) is 6.18. The summed E-state index contributed by atoms with van der Waals surface area (Å²) in [5.41, 5.74) is 5.50. The van der Waals surface area contributed by atoms with Crippen LogP contribution >= 0.6 is 0 Å². The lowest BCUT2D eigenvalue weighted by Gasteiger charge is -2.36. The number of esters is 1. The lowest BCUT2D eigenvalue weighted by atomic mass is 9.72. The molecule has 1 saturated heterocycles. The van der Waals surface area contributed by atoms with Crippen LogP contribution in [0.3, 0.4) is 0 Å². The third kappa shape index (κ3) is 13.5. The van der Waals surface area contributed by atoms with Crippen LogP contribution in [0, 0.1) is 23.2 Å². The molecule has 0 aromatic heterocycles. The van der Waals surface area contributed by atoms with Crippen molar-refractivity contribution in [3.8, 4) is 11.8 Å². The maximum absolute atomic E-state index is 12.9. The van der Waals surface area contributed by atoms with Crippen LogP contribution in [-0.2, 0) is 23.9 Å². The van der Waals surface area contributed by atoms with Gasteiger partial charge in [-0.15, -0.1) is 0 Å². The quantitative estimate of drug-likeness (QED) is 0.0920. The molecule has 0 aromatic carbocycles. The van der Waals surface area contributed by atoms with E-state index < -0.39 is 5.60 Å². The van der Waals surface area contributed by atoms with Gasteiger partial charge in [0.2, 0.25) is 0 Å². The molecule has 1 aliphatic heterocycles. The second-order valence-corrected chi connectivity index (χ2v) is 14.2. The first-order valence-corrected chi connectivity index (χ1v) is 16.7. The molecule has 5 heteroatoms. The number of allylic oxidation sites excluding steroid dienone is 15. The lowest BCUT2D eigenvalue weighted by Crippen LogP contribution is -2.34. The van der Waals surface area contributed by atoms with Crippen molar-refractivity contribution in [2.75, 3.05) is 0 Å². The van der Waals surface area contributed by atoms with Gasteiger partial charge < -0.3 is 9.47 Å². The second-order valence-electron chi connectivity index (χ2n) is 14.2. The van der Waals surface area contributed by atoms with Gasteiger partial charge in [0.25, 0.3) is 0 Å². The molecule has 0 saturated carbocycles. The Morgan fingerprint density at radius 2 is 1.49 bits per heavy atom. The van der Waals surface area contributed by atoms with Crippen LogP contribution < -0.4 is 0 Å². The summed E-state index contributed by atoms with van der Waals surface area (Å²) in [5, 5.41) is 0. The lowest BCUT2D eigenvalue weighted by molar-refractivity contribution is -0.147. The summed E-state index contributed by atoms with van der Waals surface area (Å²) in [4.78, 5) is 35.8. The summed E-state index contributed by atoms with van der Waals surface area (Å²) in [7, 11) is 0. The fourth-order valence-corrected chi connectivity index (χ4v) is 6.18. The Balaban J connectivity index is 1.91. The van der Waals surface area contributed by atoms with Gasteiger partial charge >= 0.3 is 5.97 Å². The fraction of sp³-hybridized carbons (Fsp3) is 0.500. The smallest absolute Gasteiger partial charge is 0.302 e. The summed E-state index contributed by atoms with van der Waals surface area (Å²) in [6, 6.07) is 0. The van der Waals surface area contributed by atoms with Crippen LogP contribution in [0.15, 0.2) is 94.2 Å². The number of hydrogen-bond donors (Lipinski definition) is 0. The highest BCUT2D eigenvalue weighted by Gasteiger charge is 2.44. The van der Waals surface area contributed by atoms with E-state index in [-0.39, 0.29) is 41.1 Å². The molecule has 0 bridgehead atoms. The molecule has 5 nitrogen and oxygen atoms in total. The van der Waals surface area contributed by atoms with E-state index in [4.69, 9.17) is 9.47 Å². The first-order valence-electron chi connectivity index (χ1n) is 16.7. The van der Waals surface area contributed by atoms with Crippen LogP contribution in [-0.4, -0.2) is 35.3 Å². The van der Waals surface area contributed by atoms with Crippen molar-refractivity contribution in [1.82, 2.24) is 0 Å². The SMILES string of the molecule is CC(=O)C[C@H]1C[C@@H](C)[C@](C)(CC(=O)/C(C)=C/C=C/C(C)=C/C=C/C=C(C)/C=C/C=C(\C)C#CC2=C(C)C[C@@H](OC(C)=O)CC2(C)C)O1. The summed E-state index contributed by atoms with van der Waals surface area (Å²) in [5.74, 6) is 6.86. The number of carbonyl (C=O) groups excluding carboxylic acids is 3. The number of ether oxygens (including phenoxy) is 2. The van der Waals surface area contributed by atoms with Gasteiger partial charge in [-0.3, -0.25) is 14.4 Å². The molecular formula is C42H56O5. The van der Waals surface area contributed by atoms with Crippen molar-refractivity contribution in [3.05, 3.63) is 94.2 Å². The van der Waals surface area contributed by atoms with Crippen molar-refractivity contribution in [2.45, 2.75) is 126 Å². The first kappa shape index (κ1) is 39.4. The maximum atomic E-state index is 12.9. The molecule has 47 heavy (non-hydrogen) atoms. The van der Waals surface area contributed by atoms with Gasteiger partial charge in [-0.25, -0.2) is 0 Å². The van der Waals surface area contributed by atoms with Crippen LogP contribution in [0.5, 0.6) is 0 Å². The topological polar surface area (TPSA) is 69.7 Å². The molecule has 1 aliphatic carbocycles. The predicted molar refractivity (Wildman–Crippen MR) is 193 cm³/mol. The number of hydrogen-bond acceptors (Lipinski definition) is 5. The van der Waals surface area contributed by atoms with E-state index in [1.54, 1.807) is 6.92 Å². The van der Waals surface area contributed by atoms with E-state index in [0.29, 0.717) is 18.4 Å². The Hall–Kier alpha value is -3.75. The van der Waals surface area contributed by atoms with Gasteiger partial charge in [-0.1, -0.05) is 110 Å². The highest BCUT2D eigenvalue weighted by atomic mass is 16.5. The van der Waals surface area contributed by atoms with Crippen LogP contribution in [0.4, 0.5) is 0 Å². The molecule has 0 unspecified atom stereocenters.